The molecular formula is C8H5Cl2F3N2O2. The number of anilines is 1. The molecule has 1 aromatic rings. The van der Waals surface area contributed by atoms with Crippen LogP contribution in [-0.2, 0) is 10.9 Å². The molecule has 0 fully saturated rings. The molecule has 0 bridgehead atoms. The number of alkyl halides is 3. The highest BCUT2D eigenvalue weighted by Gasteiger charge is 2.38. The van der Waals surface area contributed by atoms with Gasteiger partial charge in [0.15, 0.2) is 11.4 Å². The maximum atomic E-state index is 12.5. The second kappa shape index (κ2) is 4.58. The van der Waals surface area contributed by atoms with Gasteiger partial charge in [-0.3, -0.25) is 0 Å². The van der Waals surface area contributed by atoms with Gasteiger partial charge in [-0.15, -0.1) is 0 Å². The summed E-state index contributed by atoms with van der Waals surface area (Å²) in [5, 5.41) is -1.33. The fourth-order valence-electron chi connectivity index (χ4n) is 0.981. The number of aromatic nitrogens is 1. The highest BCUT2D eigenvalue weighted by Crippen LogP contribution is 2.39. The first-order valence-electron chi connectivity index (χ1n) is 4.00. The van der Waals surface area contributed by atoms with Gasteiger partial charge >= 0.3 is 12.1 Å². The number of carbonyl (C=O) groups is 1. The van der Waals surface area contributed by atoms with Crippen LogP contribution in [-0.4, -0.2) is 18.1 Å². The molecule has 0 saturated carbocycles. The molecule has 1 heterocycles. The molecule has 0 spiro atoms. The zero-order valence-corrected chi connectivity index (χ0v) is 9.74. The predicted molar refractivity (Wildman–Crippen MR) is 55.0 cm³/mol. The highest BCUT2D eigenvalue weighted by atomic mass is 35.5. The summed E-state index contributed by atoms with van der Waals surface area (Å²) in [5.74, 6) is -1.14. The van der Waals surface area contributed by atoms with Gasteiger partial charge < -0.3 is 10.5 Å². The van der Waals surface area contributed by atoms with Crippen molar-refractivity contribution in [3.8, 4) is 0 Å². The van der Waals surface area contributed by atoms with Crippen LogP contribution in [0.2, 0.25) is 10.0 Å². The molecule has 0 atom stereocenters. The van der Waals surface area contributed by atoms with E-state index < -0.39 is 39.3 Å². The Hall–Kier alpha value is -1.21. The number of methoxy groups -OCH3 is 1. The van der Waals surface area contributed by atoms with E-state index in [2.05, 4.69) is 9.72 Å². The summed E-state index contributed by atoms with van der Waals surface area (Å²) >= 11 is 10.9. The molecule has 1 aromatic heterocycles. The van der Waals surface area contributed by atoms with Gasteiger partial charge in [0.05, 0.1) is 22.8 Å². The molecule has 0 amide bonds. The summed E-state index contributed by atoms with van der Waals surface area (Å²) in [6, 6.07) is 0. The summed E-state index contributed by atoms with van der Waals surface area (Å²) in [5.41, 5.74) is 2.47. The zero-order chi connectivity index (χ0) is 13.4. The third-order valence-electron chi connectivity index (χ3n) is 1.76. The van der Waals surface area contributed by atoms with E-state index in [-0.39, 0.29) is 0 Å². The van der Waals surface area contributed by atoms with Crippen molar-refractivity contribution in [3.63, 3.8) is 0 Å². The molecule has 0 radical (unpaired) electrons. The van der Waals surface area contributed by atoms with Gasteiger partial charge in [-0.25, -0.2) is 9.78 Å². The van der Waals surface area contributed by atoms with E-state index >= 15 is 0 Å². The molecule has 4 nitrogen and oxygen atoms in total. The second-order valence-electron chi connectivity index (χ2n) is 2.84. The zero-order valence-electron chi connectivity index (χ0n) is 8.23. The first kappa shape index (κ1) is 13.9. The van der Waals surface area contributed by atoms with Gasteiger partial charge in [-0.1, -0.05) is 23.2 Å². The van der Waals surface area contributed by atoms with E-state index in [9.17, 15) is 18.0 Å². The maximum absolute atomic E-state index is 12.5. The molecule has 9 heteroatoms. The summed E-state index contributed by atoms with van der Waals surface area (Å²) in [7, 11) is 0.971. The van der Waals surface area contributed by atoms with Gasteiger partial charge in [-0.2, -0.15) is 13.2 Å². The number of nitrogens with zero attached hydrogens (tertiary/aromatic N) is 1. The molecule has 17 heavy (non-hydrogen) atoms. The Balaban J connectivity index is 3.56. The molecule has 0 unspecified atom stereocenters. The Morgan fingerprint density at radius 2 is 1.88 bits per heavy atom. The lowest BCUT2D eigenvalue weighted by Crippen LogP contribution is -2.16. The van der Waals surface area contributed by atoms with E-state index in [1.165, 1.54) is 0 Å². The standard InChI is InChI=1S/C8H5Cl2F3N2O2/c1-17-7(16)5-2(9)4(14)3(10)6(15-5)8(11,12)13/h1H3,(H2,14,15). The number of hydrogen-bond acceptors (Lipinski definition) is 4. The normalized spacial score (nSPS) is 11.4. The molecule has 0 aliphatic rings. The van der Waals surface area contributed by atoms with Crippen molar-refractivity contribution in [2.75, 3.05) is 12.8 Å². The number of nitrogens with two attached hydrogens (primary N) is 1. The monoisotopic (exact) mass is 288 g/mol. The lowest BCUT2D eigenvalue weighted by Gasteiger charge is -2.12. The first-order chi connectivity index (χ1) is 7.70. The van der Waals surface area contributed by atoms with E-state index in [4.69, 9.17) is 28.9 Å². The fraction of sp³-hybridized carbons (Fsp3) is 0.250. The SMILES string of the molecule is COC(=O)c1nc(C(F)(F)F)c(Cl)c(N)c1Cl. The smallest absolute Gasteiger partial charge is 0.434 e. The molecule has 94 valence electrons. The van der Waals surface area contributed by atoms with Crippen molar-refractivity contribution < 1.29 is 22.7 Å². The van der Waals surface area contributed by atoms with E-state index in [0.717, 1.165) is 7.11 Å². The minimum atomic E-state index is -4.85. The Kier molecular flexibility index (Phi) is 3.73. The van der Waals surface area contributed by atoms with Crippen LogP contribution in [0.25, 0.3) is 0 Å². The summed E-state index contributed by atoms with van der Waals surface area (Å²) in [4.78, 5) is 14.2. The van der Waals surface area contributed by atoms with Crippen LogP contribution >= 0.6 is 23.2 Å². The van der Waals surface area contributed by atoms with Crippen LogP contribution in [0, 0.1) is 0 Å². The second-order valence-corrected chi connectivity index (χ2v) is 3.60. The highest BCUT2D eigenvalue weighted by molar-refractivity contribution is 6.40. The van der Waals surface area contributed by atoms with Gasteiger partial charge in [0.1, 0.15) is 0 Å². The van der Waals surface area contributed by atoms with Crippen molar-refractivity contribution in [1.82, 2.24) is 4.98 Å². The number of rotatable bonds is 1. The number of nitrogen functional groups attached to an aromatic ring is 1. The van der Waals surface area contributed by atoms with Crippen LogP contribution in [0.15, 0.2) is 0 Å². The third-order valence-corrected chi connectivity index (χ3v) is 2.52. The van der Waals surface area contributed by atoms with Crippen LogP contribution < -0.4 is 5.73 Å². The first-order valence-corrected chi connectivity index (χ1v) is 4.75. The van der Waals surface area contributed by atoms with Gasteiger partial charge in [0, 0.05) is 0 Å². The number of carbonyl (C=O) groups excluding carboxylic acids is 1. The summed E-state index contributed by atoms with van der Waals surface area (Å²) in [6.45, 7) is 0. The van der Waals surface area contributed by atoms with E-state index in [1.54, 1.807) is 0 Å². The molecular weight excluding hydrogens is 284 g/mol. The number of halogens is 5. The molecule has 2 N–H and O–H groups in total. The van der Waals surface area contributed by atoms with Crippen molar-refractivity contribution in [1.29, 1.82) is 0 Å². The quantitative estimate of drug-likeness (QED) is 0.807. The Morgan fingerprint density at radius 1 is 1.35 bits per heavy atom. The number of hydrogen-bond donors (Lipinski definition) is 1. The van der Waals surface area contributed by atoms with Crippen LogP contribution in [0.3, 0.4) is 0 Å². The third kappa shape index (κ3) is 2.55. The Bertz CT molecular complexity index is 477. The van der Waals surface area contributed by atoms with Gasteiger partial charge in [0.25, 0.3) is 0 Å². The maximum Gasteiger partial charge on any atom is 0.434 e. The van der Waals surface area contributed by atoms with Crippen molar-refractivity contribution in [3.05, 3.63) is 21.4 Å². The summed E-state index contributed by atoms with van der Waals surface area (Å²) in [6.07, 6.45) is -4.85. The summed E-state index contributed by atoms with van der Waals surface area (Å²) < 4.78 is 41.8. The fourth-order valence-corrected chi connectivity index (χ4v) is 1.49. The molecule has 0 aliphatic heterocycles. The number of ether oxygens (including phenoxy) is 1. The van der Waals surface area contributed by atoms with Crippen molar-refractivity contribution in [2.24, 2.45) is 0 Å². The topological polar surface area (TPSA) is 65.2 Å². The number of pyridine rings is 1. The van der Waals surface area contributed by atoms with Crippen LogP contribution in [0.5, 0.6) is 0 Å². The minimum absolute atomic E-state index is 0.477. The van der Waals surface area contributed by atoms with E-state index in [1.807, 2.05) is 0 Å². The lowest BCUT2D eigenvalue weighted by molar-refractivity contribution is -0.141. The van der Waals surface area contributed by atoms with E-state index in [0.29, 0.717) is 0 Å². The molecule has 0 saturated heterocycles. The minimum Gasteiger partial charge on any atom is -0.464 e. The average Bonchev–Trinajstić information content (AvgIpc) is 2.23. The lowest BCUT2D eigenvalue weighted by atomic mass is 10.2. The Labute approximate surface area is 103 Å². The largest absolute Gasteiger partial charge is 0.464 e. The van der Waals surface area contributed by atoms with Crippen molar-refractivity contribution in [2.45, 2.75) is 6.18 Å². The average molecular weight is 289 g/mol. The predicted octanol–water partition coefficient (Wildman–Crippen LogP) is 2.78. The van der Waals surface area contributed by atoms with Gasteiger partial charge in [0.2, 0.25) is 0 Å². The van der Waals surface area contributed by atoms with Crippen LogP contribution in [0.4, 0.5) is 18.9 Å². The molecule has 0 aliphatic carbocycles. The molecule has 1 rings (SSSR count). The molecule has 0 aromatic carbocycles. The van der Waals surface area contributed by atoms with Crippen LogP contribution in [0.1, 0.15) is 16.2 Å². The number of esters is 1. The Morgan fingerprint density at radius 3 is 2.29 bits per heavy atom. The van der Waals surface area contributed by atoms with Gasteiger partial charge in [-0.05, 0) is 0 Å². The van der Waals surface area contributed by atoms with Crippen molar-refractivity contribution >= 4 is 34.9 Å².